The lowest BCUT2D eigenvalue weighted by atomic mass is 10.1. The number of nitro benzene ring substituents is 1. The summed E-state index contributed by atoms with van der Waals surface area (Å²) in [5.74, 6) is -0.112. The highest BCUT2D eigenvalue weighted by Crippen LogP contribution is 2.22. The Hall–Kier alpha value is -2.11. The number of nitrogens with zero attached hydrogens (tertiary/aromatic N) is 2. The summed E-state index contributed by atoms with van der Waals surface area (Å²) in [5, 5.41) is 10.6. The first-order valence-corrected chi connectivity index (χ1v) is 4.64. The molecule has 0 spiro atoms. The molecule has 16 heavy (non-hydrogen) atoms. The number of amides is 1. The molecule has 1 aromatic rings. The maximum Gasteiger partial charge on any atom is 0.292 e. The van der Waals surface area contributed by atoms with E-state index in [4.69, 9.17) is 5.73 Å². The molecule has 0 atom stereocenters. The third-order valence-electron chi connectivity index (χ3n) is 2.15. The zero-order chi connectivity index (χ0) is 12.3. The van der Waals surface area contributed by atoms with Crippen LogP contribution < -0.4 is 5.73 Å². The van der Waals surface area contributed by atoms with Gasteiger partial charge in [0.15, 0.2) is 0 Å². The van der Waals surface area contributed by atoms with Crippen molar-refractivity contribution in [1.82, 2.24) is 4.90 Å². The van der Waals surface area contributed by atoms with Crippen LogP contribution in [0, 0.1) is 10.1 Å². The predicted octanol–water partition coefficient (Wildman–Crippen LogP) is 0.808. The number of hydrogen-bond acceptors (Lipinski definition) is 4. The van der Waals surface area contributed by atoms with Crippen LogP contribution in [-0.2, 0) is 11.2 Å². The first kappa shape index (κ1) is 12.0. The minimum Gasteiger partial charge on any atom is -0.393 e. The SMILES string of the molecule is CN(C)C(=O)Cc1ccc(N)c([N+](=O)[O-])c1. The molecule has 1 rings (SSSR count). The molecule has 1 amide bonds. The van der Waals surface area contributed by atoms with Crippen LogP contribution in [0.15, 0.2) is 18.2 Å². The largest absolute Gasteiger partial charge is 0.393 e. The van der Waals surface area contributed by atoms with Gasteiger partial charge in [-0.1, -0.05) is 6.07 Å². The van der Waals surface area contributed by atoms with Crippen LogP contribution in [0.1, 0.15) is 5.56 Å². The normalized spacial score (nSPS) is 9.88. The molecule has 2 N–H and O–H groups in total. The maximum atomic E-state index is 11.4. The molecule has 0 bridgehead atoms. The summed E-state index contributed by atoms with van der Waals surface area (Å²) in [6.07, 6.45) is 0.133. The van der Waals surface area contributed by atoms with Gasteiger partial charge in [0.2, 0.25) is 5.91 Å². The van der Waals surface area contributed by atoms with Gasteiger partial charge in [-0.05, 0) is 11.6 Å². The summed E-state index contributed by atoms with van der Waals surface area (Å²) in [6, 6.07) is 4.39. The van der Waals surface area contributed by atoms with Crippen LogP contribution in [-0.4, -0.2) is 29.8 Å². The van der Waals surface area contributed by atoms with Gasteiger partial charge in [-0.2, -0.15) is 0 Å². The van der Waals surface area contributed by atoms with E-state index in [0.717, 1.165) is 0 Å². The van der Waals surface area contributed by atoms with E-state index in [1.807, 2.05) is 0 Å². The van der Waals surface area contributed by atoms with Gasteiger partial charge < -0.3 is 10.6 Å². The van der Waals surface area contributed by atoms with E-state index in [0.29, 0.717) is 5.56 Å². The van der Waals surface area contributed by atoms with E-state index in [1.54, 1.807) is 20.2 Å². The Labute approximate surface area is 92.8 Å². The second kappa shape index (κ2) is 4.61. The summed E-state index contributed by atoms with van der Waals surface area (Å²) in [5.41, 5.74) is 5.97. The van der Waals surface area contributed by atoms with Crippen LogP contribution in [0.2, 0.25) is 0 Å². The fraction of sp³-hybridized carbons (Fsp3) is 0.300. The molecule has 6 nitrogen and oxygen atoms in total. The van der Waals surface area contributed by atoms with Crippen molar-refractivity contribution in [1.29, 1.82) is 0 Å². The van der Waals surface area contributed by atoms with Crippen LogP contribution in [0.4, 0.5) is 11.4 Å². The zero-order valence-electron chi connectivity index (χ0n) is 9.14. The molecule has 0 aliphatic rings. The molecule has 0 heterocycles. The molecule has 0 aliphatic carbocycles. The first-order chi connectivity index (χ1) is 7.41. The highest BCUT2D eigenvalue weighted by atomic mass is 16.6. The van der Waals surface area contributed by atoms with Gasteiger partial charge >= 0.3 is 0 Å². The average Bonchev–Trinajstić information content (AvgIpc) is 2.20. The number of carbonyl (C=O) groups excluding carboxylic acids is 1. The van der Waals surface area contributed by atoms with Gasteiger partial charge in [0.1, 0.15) is 5.69 Å². The van der Waals surface area contributed by atoms with Crippen molar-refractivity contribution >= 4 is 17.3 Å². The summed E-state index contributed by atoms with van der Waals surface area (Å²) >= 11 is 0. The summed E-state index contributed by atoms with van der Waals surface area (Å²) < 4.78 is 0. The Kier molecular flexibility index (Phi) is 3.44. The Morgan fingerprint density at radius 3 is 2.62 bits per heavy atom. The minimum absolute atomic E-state index is 0.103. The molecule has 0 aromatic heterocycles. The summed E-state index contributed by atoms with van der Waals surface area (Å²) in [6.45, 7) is 0. The molecule has 1 aromatic carbocycles. The van der Waals surface area contributed by atoms with Crippen molar-refractivity contribution in [2.24, 2.45) is 0 Å². The van der Waals surface area contributed by atoms with Crippen molar-refractivity contribution in [2.45, 2.75) is 6.42 Å². The third-order valence-corrected chi connectivity index (χ3v) is 2.15. The van der Waals surface area contributed by atoms with Crippen molar-refractivity contribution in [3.8, 4) is 0 Å². The van der Waals surface area contributed by atoms with Crippen molar-refractivity contribution in [2.75, 3.05) is 19.8 Å². The Morgan fingerprint density at radius 1 is 1.50 bits per heavy atom. The number of benzene rings is 1. The van der Waals surface area contributed by atoms with E-state index in [2.05, 4.69) is 0 Å². The number of carbonyl (C=O) groups is 1. The number of nitrogens with two attached hydrogens (primary N) is 1. The second-order valence-corrected chi connectivity index (χ2v) is 3.62. The molecule has 0 radical (unpaired) electrons. The number of nitro groups is 1. The van der Waals surface area contributed by atoms with E-state index in [9.17, 15) is 14.9 Å². The van der Waals surface area contributed by atoms with E-state index >= 15 is 0 Å². The molecular weight excluding hydrogens is 210 g/mol. The van der Waals surface area contributed by atoms with Gasteiger partial charge in [0.25, 0.3) is 5.69 Å². The standard InChI is InChI=1S/C10H13N3O3/c1-12(2)10(14)6-7-3-4-8(11)9(5-7)13(15)16/h3-5H,6,11H2,1-2H3. The number of anilines is 1. The molecule has 0 fully saturated rings. The minimum atomic E-state index is -0.557. The number of likely N-dealkylation sites (N-methyl/N-ethyl adjacent to an activating group) is 1. The predicted molar refractivity (Wildman–Crippen MR) is 59.9 cm³/mol. The fourth-order valence-corrected chi connectivity index (χ4v) is 1.19. The smallest absolute Gasteiger partial charge is 0.292 e. The van der Waals surface area contributed by atoms with E-state index in [1.165, 1.54) is 17.0 Å². The number of nitrogen functional groups attached to an aromatic ring is 1. The fourth-order valence-electron chi connectivity index (χ4n) is 1.19. The topological polar surface area (TPSA) is 89.5 Å². The molecule has 86 valence electrons. The maximum absolute atomic E-state index is 11.4. The van der Waals surface area contributed by atoms with Crippen LogP contribution >= 0.6 is 0 Å². The lowest BCUT2D eigenvalue weighted by molar-refractivity contribution is -0.383. The summed E-state index contributed by atoms with van der Waals surface area (Å²) in [7, 11) is 3.27. The first-order valence-electron chi connectivity index (χ1n) is 4.64. The molecule has 0 unspecified atom stereocenters. The molecule has 0 saturated carbocycles. The van der Waals surface area contributed by atoms with Gasteiger partial charge in [-0.15, -0.1) is 0 Å². The monoisotopic (exact) mass is 223 g/mol. The second-order valence-electron chi connectivity index (χ2n) is 3.62. The van der Waals surface area contributed by atoms with E-state index < -0.39 is 4.92 Å². The van der Waals surface area contributed by atoms with Gasteiger partial charge in [-0.25, -0.2) is 0 Å². The quantitative estimate of drug-likeness (QED) is 0.466. The van der Waals surface area contributed by atoms with Gasteiger partial charge in [0, 0.05) is 20.2 Å². The number of rotatable bonds is 3. The van der Waals surface area contributed by atoms with Crippen molar-refractivity contribution in [3.05, 3.63) is 33.9 Å². The highest BCUT2D eigenvalue weighted by Gasteiger charge is 2.13. The highest BCUT2D eigenvalue weighted by molar-refractivity contribution is 5.78. The molecule has 6 heteroatoms. The molecule has 0 aliphatic heterocycles. The Morgan fingerprint density at radius 2 is 2.12 bits per heavy atom. The van der Waals surface area contributed by atoms with Crippen molar-refractivity contribution < 1.29 is 9.72 Å². The van der Waals surface area contributed by atoms with Crippen molar-refractivity contribution in [3.63, 3.8) is 0 Å². The van der Waals surface area contributed by atoms with E-state index in [-0.39, 0.29) is 23.7 Å². The lowest BCUT2D eigenvalue weighted by Gasteiger charge is -2.10. The summed E-state index contributed by atoms with van der Waals surface area (Å²) in [4.78, 5) is 22.9. The van der Waals surface area contributed by atoms with Crippen LogP contribution in [0.25, 0.3) is 0 Å². The van der Waals surface area contributed by atoms with Gasteiger partial charge in [0.05, 0.1) is 11.3 Å². The van der Waals surface area contributed by atoms with Crippen LogP contribution in [0.5, 0.6) is 0 Å². The Bertz CT molecular complexity index is 429. The molecular formula is C10H13N3O3. The average molecular weight is 223 g/mol. The zero-order valence-corrected chi connectivity index (χ0v) is 9.14. The molecule has 0 saturated heterocycles. The third kappa shape index (κ3) is 2.69. The Balaban J connectivity index is 2.95. The number of hydrogen-bond donors (Lipinski definition) is 1. The van der Waals surface area contributed by atoms with Crippen LogP contribution in [0.3, 0.4) is 0 Å². The lowest BCUT2D eigenvalue weighted by Crippen LogP contribution is -2.23. The van der Waals surface area contributed by atoms with Gasteiger partial charge in [-0.3, -0.25) is 14.9 Å².